The third-order valence-corrected chi connectivity index (χ3v) is 6.18. The van der Waals surface area contributed by atoms with Gasteiger partial charge in [-0.25, -0.2) is 4.79 Å². The highest BCUT2D eigenvalue weighted by Gasteiger charge is 2.47. The quantitative estimate of drug-likeness (QED) is 0.291. The number of hydrogen-bond donors (Lipinski definition) is 2. The summed E-state index contributed by atoms with van der Waals surface area (Å²) in [5, 5.41) is 11.3. The Morgan fingerprint density at radius 2 is 1.97 bits per heavy atom. The van der Waals surface area contributed by atoms with Crippen LogP contribution in [-0.4, -0.2) is 84.1 Å². The fraction of sp³-hybridized carbons (Fsp3) is 0.435. The van der Waals surface area contributed by atoms with Crippen molar-refractivity contribution >= 4 is 23.4 Å². The van der Waals surface area contributed by atoms with Crippen molar-refractivity contribution in [2.75, 3.05) is 46.5 Å². The Morgan fingerprint density at radius 3 is 2.61 bits per heavy atom. The van der Waals surface area contributed by atoms with E-state index in [1.807, 2.05) is 0 Å². The molecule has 33 heavy (non-hydrogen) atoms. The van der Waals surface area contributed by atoms with Gasteiger partial charge in [0.15, 0.2) is 0 Å². The highest BCUT2D eigenvalue weighted by Crippen LogP contribution is 2.40. The number of ketones is 1. The zero-order chi connectivity index (χ0) is 23.7. The highest BCUT2D eigenvalue weighted by molar-refractivity contribution is 6.46. The minimum absolute atomic E-state index is 0.0708. The fourth-order valence-electron chi connectivity index (χ4n) is 4.47. The number of Topliss-reactive ketones (excluding diaryl/α,β-unsaturated/α-hetero) is 1. The van der Waals surface area contributed by atoms with Gasteiger partial charge in [-0.2, -0.15) is 0 Å². The van der Waals surface area contributed by atoms with E-state index in [9.17, 15) is 19.5 Å². The van der Waals surface area contributed by atoms with Gasteiger partial charge in [-0.15, -0.1) is 0 Å². The topological polar surface area (TPSA) is 125 Å². The molecule has 0 spiro atoms. The molecule has 2 fully saturated rings. The molecule has 0 unspecified atom stereocenters. The SMILES string of the molecule is COC(=O)c1[nH]c(C)c(C(O)=C2C(=O)C(=O)N(CCN3CCOCC3)[C@@H]2c2ccco2)c1C. The minimum atomic E-state index is -0.878. The molecule has 176 valence electrons. The number of aromatic amines is 1. The summed E-state index contributed by atoms with van der Waals surface area (Å²) >= 11 is 0. The summed E-state index contributed by atoms with van der Waals surface area (Å²) in [5.41, 5.74) is 1.29. The van der Waals surface area contributed by atoms with Gasteiger partial charge in [0, 0.05) is 37.4 Å². The van der Waals surface area contributed by atoms with Crippen molar-refractivity contribution in [3.8, 4) is 0 Å². The van der Waals surface area contributed by atoms with E-state index in [0.717, 1.165) is 13.1 Å². The van der Waals surface area contributed by atoms with Crippen LogP contribution in [0, 0.1) is 13.8 Å². The number of morpholine rings is 1. The summed E-state index contributed by atoms with van der Waals surface area (Å²) in [7, 11) is 1.26. The summed E-state index contributed by atoms with van der Waals surface area (Å²) < 4.78 is 15.7. The van der Waals surface area contributed by atoms with Crippen molar-refractivity contribution in [2.45, 2.75) is 19.9 Å². The largest absolute Gasteiger partial charge is 0.507 e. The molecule has 10 heteroatoms. The van der Waals surface area contributed by atoms with E-state index in [4.69, 9.17) is 13.9 Å². The molecular weight excluding hydrogens is 430 g/mol. The third kappa shape index (κ3) is 4.07. The first-order valence-corrected chi connectivity index (χ1v) is 10.7. The minimum Gasteiger partial charge on any atom is -0.507 e. The average Bonchev–Trinajstić information content (AvgIpc) is 3.51. The maximum absolute atomic E-state index is 13.1. The van der Waals surface area contributed by atoms with E-state index in [2.05, 4.69) is 9.88 Å². The molecule has 0 radical (unpaired) electrons. The summed E-state index contributed by atoms with van der Waals surface area (Å²) in [6, 6.07) is 2.46. The zero-order valence-corrected chi connectivity index (χ0v) is 18.8. The molecule has 10 nitrogen and oxygen atoms in total. The number of carbonyl (C=O) groups is 3. The van der Waals surface area contributed by atoms with Crippen molar-refractivity contribution in [1.29, 1.82) is 0 Å². The Bertz CT molecular complexity index is 1090. The number of esters is 1. The molecule has 2 saturated heterocycles. The molecule has 0 aliphatic carbocycles. The Kier molecular flexibility index (Phi) is 6.39. The summed E-state index contributed by atoms with van der Waals surface area (Å²) in [4.78, 5) is 44.7. The smallest absolute Gasteiger partial charge is 0.354 e. The maximum atomic E-state index is 13.1. The second kappa shape index (κ2) is 9.24. The Labute approximate surface area is 190 Å². The van der Waals surface area contributed by atoms with Crippen LogP contribution in [0.3, 0.4) is 0 Å². The van der Waals surface area contributed by atoms with Crippen LogP contribution >= 0.6 is 0 Å². The standard InChI is InChI=1S/C23H27N3O7/c1-13-16(14(2)24-18(13)23(30)31-3)20(27)17-19(15-5-4-10-33-15)26(22(29)21(17)28)7-6-25-8-11-32-12-9-25/h4-5,10,19,24,27H,6-9,11-12H2,1-3H3/t19-/m1/s1. The number of aliphatic hydroxyl groups is 1. The number of hydrogen-bond acceptors (Lipinski definition) is 8. The average molecular weight is 457 g/mol. The third-order valence-electron chi connectivity index (χ3n) is 6.18. The van der Waals surface area contributed by atoms with Gasteiger partial charge in [-0.1, -0.05) is 0 Å². The van der Waals surface area contributed by atoms with Gasteiger partial charge in [0.2, 0.25) is 0 Å². The van der Waals surface area contributed by atoms with Crippen molar-refractivity contribution in [3.05, 3.63) is 52.2 Å². The number of furan rings is 1. The maximum Gasteiger partial charge on any atom is 0.354 e. The molecule has 1 atom stereocenters. The van der Waals surface area contributed by atoms with Gasteiger partial charge in [0.05, 0.1) is 32.2 Å². The molecule has 2 aromatic heterocycles. The Balaban J connectivity index is 1.75. The second-order valence-electron chi connectivity index (χ2n) is 8.08. The van der Waals surface area contributed by atoms with Crippen molar-refractivity contribution in [2.24, 2.45) is 0 Å². The number of likely N-dealkylation sites (tertiary alicyclic amines) is 1. The van der Waals surface area contributed by atoms with E-state index in [-0.39, 0.29) is 29.1 Å². The fourth-order valence-corrected chi connectivity index (χ4v) is 4.47. The van der Waals surface area contributed by atoms with Gasteiger partial charge in [0.1, 0.15) is 23.3 Å². The van der Waals surface area contributed by atoms with E-state index in [1.54, 1.807) is 26.0 Å². The number of methoxy groups -OCH3 is 1. The zero-order valence-electron chi connectivity index (χ0n) is 18.8. The lowest BCUT2D eigenvalue weighted by atomic mass is 9.97. The number of carbonyl (C=O) groups excluding carboxylic acids is 3. The van der Waals surface area contributed by atoms with Gasteiger partial charge in [-0.3, -0.25) is 14.5 Å². The first-order chi connectivity index (χ1) is 15.8. The molecule has 2 aliphatic rings. The molecule has 0 bridgehead atoms. The molecule has 2 aromatic rings. The van der Waals surface area contributed by atoms with Gasteiger partial charge in [-0.05, 0) is 31.5 Å². The van der Waals surface area contributed by atoms with Crippen LogP contribution in [0.2, 0.25) is 0 Å². The molecule has 4 rings (SSSR count). The molecule has 1 amide bonds. The first-order valence-electron chi connectivity index (χ1n) is 10.7. The molecule has 4 heterocycles. The van der Waals surface area contributed by atoms with Crippen LogP contribution in [-0.2, 0) is 19.1 Å². The van der Waals surface area contributed by atoms with E-state index in [0.29, 0.717) is 36.8 Å². The molecule has 0 saturated carbocycles. The van der Waals surface area contributed by atoms with Crippen LogP contribution in [0.15, 0.2) is 28.4 Å². The monoisotopic (exact) mass is 457 g/mol. The normalized spacial score (nSPS) is 21.1. The Hall–Kier alpha value is -3.37. The number of nitrogens with one attached hydrogen (secondary N) is 1. The first kappa shape index (κ1) is 22.8. The van der Waals surface area contributed by atoms with Crippen molar-refractivity contribution < 1.29 is 33.4 Å². The number of aryl methyl sites for hydroxylation is 1. The van der Waals surface area contributed by atoms with Crippen LogP contribution in [0.1, 0.15) is 39.1 Å². The number of H-pyrrole nitrogens is 1. The predicted molar refractivity (Wildman–Crippen MR) is 117 cm³/mol. The number of amides is 1. The number of nitrogens with zero attached hydrogens (tertiary/aromatic N) is 2. The van der Waals surface area contributed by atoms with Crippen LogP contribution in [0.25, 0.3) is 5.76 Å². The molecule has 0 aromatic carbocycles. The van der Waals surface area contributed by atoms with Crippen LogP contribution in [0.4, 0.5) is 0 Å². The lowest BCUT2D eigenvalue weighted by Crippen LogP contribution is -2.42. The second-order valence-corrected chi connectivity index (χ2v) is 8.08. The van der Waals surface area contributed by atoms with Crippen LogP contribution in [0.5, 0.6) is 0 Å². The van der Waals surface area contributed by atoms with Gasteiger partial charge in [0.25, 0.3) is 11.7 Å². The van der Waals surface area contributed by atoms with Gasteiger partial charge < -0.3 is 28.9 Å². The molecule has 2 N–H and O–H groups in total. The lowest BCUT2D eigenvalue weighted by Gasteiger charge is -2.30. The number of ether oxygens (including phenoxy) is 2. The number of rotatable bonds is 6. The predicted octanol–water partition coefficient (Wildman–Crippen LogP) is 1.77. The van der Waals surface area contributed by atoms with Gasteiger partial charge >= 0.3 is 5.97 Å². The Morgan fingerprint density at radius 1 is 1.24 bits per heavy atom. The van der Waals surface area contributed by atoms with Crippen LogP contribution < -0.4 is 0 Å². The molecule has 2 aliphatic heterocycles. The summed E-state index contributed by atoms with van der Waals surface area (Å²) in [6.07, 6.45) is 1.46. The number of aromatic nitrogens is 1. The van der Waals surface area contributed by atoms with E-state index < -0.39 is 23.7 Å². The lowest BCUT2D eigenvalue weighted by molar-refractivity contribution is -0.140. The van der Waals surface area contributed by atoms with E-state index in [1.165, 1.54) is 18.3 Å². The summed E-state index contributed by atoms with van der Waals surface area (Å²) in [6.45, 7) is 6.88. The summed E-state index contributed by atoms with van der Waals surface area (Å²) in [5.74, 6) is -2.08. The highest BCUT2D eigenvalue weighted by atomic mass is 16.5. The van der Waals surface area contributed by atoms with Crippen molar-refractivity contribution in [1.82, 2.24) is 14.8 Å². The molecular formula is C23H27N3O7. The number of aliphatic hydroxyl groups excluding tert-OH is 1. The van der Waals surface area contributed by atoms with E-state index >= 15 is 0 Å². The van der Waals surface area contributed by atoms with Crippen molar-refractivity contribution in [3.63, 3.8) is 0 Å².